The summed E-state index contributed by atoms with van der Waals surface area (Å²) in [6.45, 7) is 0. The lowest BCUT2D eigenvalue weighted by atomic mass is 10.1. The molecule has 0 saturated heterocycles. The molecule has 0 unspecified atom stereocenters. The molecule has 0 aliphatic carbocycles. The van der Waals surface area contributed by atoms with Crippen LogP contribution in [0.3, 0.4) is 0 Å². The Morgan fingerprint density at radius 2 is 1.74 bits per heavy atom. The number of fused-ring (bicyclic) bond motifs is 1. The Hall–Kier alpha value is -2.59. The van der Waals surface area contributed by atoms with E-state index >= 15 is 0 Å². The van der Waals surface area contributed by atoms with Crippen LogP contribution in [0.1, 0.15) is 11.3 Å². The Morgan fingerprint density at radius 3 is 2.57 bits per heavy atom. The van der Waals surface area contributed by atoms with Crippen molar-refractivity contribution in [3.63, 3.8) is 0 Å². The molecule has 2 heterocycles. The van der Waals surface area contributed by atoms with Gasteiger partial charge in [0.25, 0.3) is 5.91 Å². The summed E-state index contributed by atoms with van der Waals surface area (Å²) in [7, 11) is 0. The van der Waals surface area contributed by atoms with E-state index in [-0.39, 0.29) is 5.91 Å². The number of benzene rings is 2. The van der Waals surface area contributed by atoms with Crippen LogP contribution >= 0.6 is 15.9 Å². The van der Waals surface area contributed by atoms with Gasteiger partial charge in [0, 0.05) is 33.3 Å². The van der Waals surface area contributed by atoms with Crippen molar-refractivity contribution < 1.29 is 4.79 Å². The molecule has 3 nitrogen and oxygen atoms in total. The van der Waals surface area contributed by atoms with Gasteiger partial charge in [0.05, 0.1) is 5.57 Å². The van der Waals surface area contributed by atoms with Gasteiger partial charge in [-0.2, -0.15) is 0 Å². The molecule has 1 aliphatic rings. The third-order valence-electron chi connectivity index (χ3n) is 3.89. The predicted molar refractivity (Wildman–Crippen MR) is 96.4 cm³/mol. The highest BCUT2D eigenvalue weighted by molar-refractivity contribution is 9.10. The van der Waals surface area contributed by atoms with Crippen molar-refractivity contribution in [1.29, 1.82) is 0 Å². The number of hydrogen-bond acceptors (Lipinski definition) is 1. The summed E-state index contributed by atoms with van der Waals surface area (Å²) >= 11 is 3.45. The van der Waals surface area contributed by atoms with Crippen molar-refractivity contribution in [2.24, 2.45) is 0 Å². The average molecular weight is 365 g/mol. The number of hydrogen-bond donors (Lipinski definition) is 1. The molecule has 0 radical (unpaired) electrons. The van der Waals surface area contributed by atoms with Crippen LogP contribution in [0.4, 0.5) is 5.69 Å². The van der Waals surface area contributed by atoms with E-state index in [0.29, 0.717) is 5.57 Å². The van der Waals surface area contributed by atoms with Gasteiger partial charge in [-0.15, -0.1) is 0 Å². The molecule has 1 amide bonds. The summed E-state index contributed by atoms with van der Waals surface area (Å²) in [5, 5.41) is 2.90. The fourth-order valence-electron chi connectivity index (χ4n) is 2.78. The molecule has 0 atom stereocenters. The van der Waals surface area contributed by atoms with Crippen LogP contribution in [0.25, 0.3) is 17.3 Å². The molecule has 3 aromatic rings. The lowest BCUT2D eigenvalue weighted by molar-refractivity contribution is -0.110. The fraction of sp³-hybridized carbons (Fsp3) is 0. The number of amides is 1. The number of carbonyl (C=O) groups excluding carboxylic acids is 1. The standard InChI is InChI=1S/C19H13BrN2O/c20-13-7-9-14(10-8-13)22-11-3-4-15(22)12-17-16-5-1-2-6-18(16)21-19(17)23/h1-12H,(H,21,23). The lowest BCUT2D eigenvalue weighted by Gasteiger charge is -2.07. The third kappa shape index (κ3) is 2.51. The minimum atomic E-state index is -0.0604. The normalized spacial score (nSPS) is 14.8. The molecule has 112 valence electrons. The maximum atomic E-state index is 12.3. The van der Waals surface area contributed by atoms with Crippen LogP contribution in [0.5, 0.6) is 0 Å². The van der Waals surface area contributed by atoms with Crippen LogP contribution in [0.2, 0.25) is 0 Å². The predicted octanol–water partition coefficient (Wildman–Crippen LogP) is 4.73. The maximum Gasteiger partial charge on any atom is 0.256 e. The molecule has 0 fully saturated rings. The van der Waals surface area contributed by atoms with Crippen LogP contribution in [0.15, 0.2) is 71.3 Å². The monoisotopic (exact) mass is 364 g/mol. The molecule has 1 aliphatic heterocycles. The Morgan fingerprint density at radius 1 is 0.957 bits per heavy atom. The Labute approximate surface area is 142 Å². The number of para-hydroxylation sites is 1. The van der Waals surface area contributed by atoms with Crippen LogP contribution in [-0.4, -0.2) is 10.5 Å². The summed E-state index contributed by atoms with van der Waals surface area (Å²) in [4.78, 5) is 12.3. The van der Waals surface area contributed by atoms with Crippen LogP contribution in [-0.2, 0) is 4.79 Å². The first-order valence-electron chi connectivity index (χ1n) is 7.28. The number of nitrogens with zero attached hydrogens (tertiary/aromatic N) is 1. The minimum Gasteiger partial charge on any atom is -0.321 e. The second-order valence-electron chi connectivity index (χ2n) is 5.34. The maximum absolute atomic E-state index is 12.3. The van der Waals surface area contributed by atoms with Crippen molar-refractivity contribution in [2.75, 3.05) is 5.32 Å². The average Bonchev–Trinajstić information content (AvgIpc) is 3.14. The topological polar surface area (TPSA) is 34.0 Å². The molecule has 0 spiro atoms. The smallest absolute Gasteiger partial charge is 0.256 e. The van der Waals surface area contributed by atoms with E-state index in [0.717, 1.165) is 27.1 Å². The zero-order valence-corrected chi connectivity index (χ0v) is 13.7. The quantitative estimate of drug-likeness (QED) is 0.655. The van der Waals surface area contributed by atoms with E-state index in [1.54, 1.807) is 0 Å². The number of anilines is 1. The second-order valence-corrected chi connectivity index (χ2v) is 6.25. The van der Waals surface area contributed by atoms with E-state index in [2.05, 4.69) is 25.8 Å². The number of aromatic nitrogens is 1. The molecule has 4 rings (SSSR count). The Balaban J connectivity index is 1.80. The largest absolute Gasteiger partial charge is 0.321 e. The summed E-state index contributed by atoms with van der Waals surface area (Å²) in [6.07, 6.45) is 3.93. The van der Waals surface area contributed by atoms with E-state index in [4.69, 9.17) is 0 Å². The first kappa shape index (κ1) is 14.0. The van der Waals surface area contributed by atoms with Gasteiger partial charge in [-0.3, -0.25) is 4.79 Å². The fourth-order valence-corrected chi connectivity index (χ4v) is 3.04. The van der Waals surface area contributed by atoms with Crippen molar-refractivity contribution in [1.82, 2.24) is 4.57 Å². The highest BCUT2D eigenvalue weighted by atomic mass is 79.9. The molecule has 4 heteroatoms. The van der Waals surface area contributed by atoms with Gasteiger partial charge >= 0.3 is 0 Å². The summed E-state index contributed by atoms with van der Waals surface area (Å²) in [5.41, 5.74) is 4.52. The minimum absolute atomic E-state index is 0.0604. The SMILES string of the molecule is O=C1Nc2ccccc2C1=Cc1cccn1-c1ccc(Br)cc1. The molecule has 0 bridgehead atoms. The Kier molecular flexibility index (Phi) is 3.39. The summed E-state index contributed by atoms with van der Waals surface area (Å²) in [6, 6.07) is 19.8. The summed E-state index contributed by atoms with van der Waals surface area (Å²) < 4.78 is 3.10. The first-order valence-corrected chi connectivity index (χ1v) is 8.07. The number of carbonyl (C=O) groups is 1. The van der Waals surface area contributed by atoms with Gasteiger partial charge in [-0.1, -0.05) is 34.1 Å². The lowest BCUT2D eigenvalue weighted by Crippen LogP contribution is -2.04. The Bertz CT molecular complexity index is 923. The van der Waals surface area contributed by atoms with Crippen molar-refractivity contribution in [2.45, 2.75) is 0 Å². The number of halogens is 1. The number of rotatable bonds is 2. The third-order valence-corrected chi connectivity index (χ3v) is 4.42. The van der Waals surface area contributed by atoms with Gasteiger partial charge in [-0.05, 0) is 48.5 Å². The molecule has 2 aromatic carbocycles. The molecule has 23 heavy (non-hydrogen) atoms. The van der Waals surface area contributed by atoms with E-state index in [1.807, 2.05) is 72.9 Å². The molecular weight excluding hydrogens is 352 g/mol. The zero-order chi connectivity index (χ0) is 15.8. The van der Waals surface area contributed by atoms with E-state index in [9.17, 15) is 4.79 Å². The van der Waals surface area contributed by atoms with Crippen LogP contribution in [0, 0.1) is 0 Å². The van der Waals surface area contributed by atoms with Gasteiger partial charge in [-0.25, -0.2) is 0 Å². The van der Waals surface area contributed by atoms with Crippen molar-refractivity contribution in [3.05, 3.63) is 82.6 Å². The molecule has 1 N–H and O–H groups in total. The molecular formula is C19H13BrN2O. The van der Waals surface area contributed by atoms with Crippen LogP contribution < -0.4 is 5.32 Å². The van der Waals surface area contributed by atoms with Gasteiger partial charge < -0.3 is 9.88 Å². The van der Waals surface area contributed by atoms with Crippen molar-refractivity contribution >= 4 is 39.2 Å². The molecule has 0 saturated carbocycles. The van der Waals surface area contributed by atoms with E-state index < -0.39 is 0 Å². The second kappa shape index (κ2) is 5.56. The number of nitrogens with one attached hydrogen (secondary N) is 1. The highest BCUT2D eigenvalue weighted by Gasteiger charge is 2.23. The zero-order valence-electron chi connectivity index (χ0n) is 12.2. The van der Waals surface area contributed by atoms with Crippen molar-refractivity contribution in [3.8, 4) is 5.69 Å². The summed E-state index contributed by atoms with van der Waals surface area (Å²) in [5.74, 6) is -0.0604. The highest BCUT2D eigenvalue weighted by Crippen LogP contribution is 2.33. The first-order chi connectivity index (χ1) is 11.2. The van der Waals surface area contributed by atoms with E-state index in [1.165, 1.54) is 0 Å². The molecule has 1 aromatic heterocycles. The van der Waals surface area contributed by atoms with Gasteiger partial charge in [0.1, 0.15) is 0 Å². The van der Waals surface area contributed by atoms with Gasteiger partial charge in [0.15, 0.2) is 0 Å². The van der Waals surface area contributed by atoms with Gasteiger partial charge in [0.2, 0.25) is 0 Å².